The number of aryl methyl sites for hydroxylation is 1. The summed E-state index contributed by atoms with van der Waals surface area (Å²) in [5.74, 6) is -1.34. The highest BCUT2D eigenvalue weighted by Crippen LogP contribution is 2.28. The Hall–Kier alpha value is -2.73. The number of rotatable bonds is 4. The first-order chi connectivity index (χ1) is 12.0. The van der Waals surface area contributed by atoms with Gasteiger partial charge in [-0.1, -0.05) is 30.3 Å². The van der Waals surface area contributed by atoms with E-state index in [0.29, 0.717) is 18.7 Å². The number of hydrogen-bond acceptors (Lipinski definition) is 4. The SMILES string of the molecule is Cc1nc(C(=O)NC2CCOC(c3ccccc3)C2)ccc1C(=O)O. The van der Waals surface area contributed by atoms with Gasteiger partial charge in [0.05, 0.1) is 17.4 Å². The highest BCUT2D eigenvalue weighted by Gasteiger charge is 2.25. The maximum Gasteiger partial charge on any atom is 0.337 e. The predicted molar refractivity (Wildman–Crippen MR) is 91.6 cm³/mol. The number of benzene rings is 1. The molecule has 1 aromatic carbocycles. The van der Waals surface area contributed by atoms with Crippen molar-refractivity contribution < 1.29 is 19.4 Å². The Kier molecular flexibility index (Phi) is 5.09. The van der Waals surface area contributed by atoms with E-state index in [2.05, 4.69) is 10.3 Å². The van der Waals surface area contributed by atoms with Crippen molar-refractivity contribution in [1.29, 1.82) is 0 Å². The van der Waals surface area contributed by atoms with Gasteiger partial charge < -0.3 is 15.2 Å². The van der Waals surface area contributed by atoms with Crippen LogP contribution in [0, 0.1) is 6.92 Å². The molecular weight excluding hydrogens is 320 g/mol. The Bertz CT molecular complexity index is 776. The number of pyridine rings is 1. The van der Waals surface area contributed by atoms with Gasteiger partial charge in [-0.25, -0.2) is 9.78 Å². The molecule has 1 aromatic heterocycles. The number of carbonyl (C=O) groups excluding carboxylic acids is 1. The Morgan fingerprint density at radius 2 is 1.96 bits per heavy atom. The zero-order chi connectivity index (χ0) is 17.8. The van der Waals surface area contributed by atoms with Gasteiger partial charge in [0.15, 0.2) is 0 Å². The van der Waals surface area contributed by atoms with E-state index in [0.717, 1.165) is 12.0 Å². The first-order valence-electron chi connectivity index (χ1n) is 8.23. The minimum Gasteiger partial charge on any atom is -0.478 e. The molecule has 0 spiro atoms. The fourth-order valence-corrected chi connectivity index (χ4v) is 3.00. The molecule has 0 saturated carbocycles. The van der Waals surface area contributed by atoms with Crippen molar-refractivity contribution in [2.75, 3.05) is 6.61 Å². The summed E-state index contributed by atoms with van der Waals surface area (Å²) in [6.45, 7) is 2.16. The molecule has 6 heteroatoms. The molecule has 0 bridgehead atoms. The fourth-order valence-electron chi connectivity index (χ4n) is 3.00. The summed E-state index contributed by atoms with van der Waals surface area (Å²) in [4.78, 5) is 27.6. The van der Waals surface area contributed by atoms with E-state index >= 15 is 0 Å². The van der Waals surface area contributed by atoms with E-state index < -0.39 is 5.97 Å². The van der Waals surface area contributed by atoms with Gasteiger partial charge in [0.25, 0.3) is 5.91 Å². The molecule has 1 amide bonds. The summed E-state index contributed by atoms with van der Waals surface area (Å²) in [6.07, 6.45) is 1.40. The molecule has 3 rings (SSSR count). The lowest BCUT2D eigenvalue weighted by molar-refractivity contribution is 0.000859. The highest BCUT2D eigenvalue weighted by atomic mass is 16.5. The summed E-state index contributed by atoms with van der Waals surface area (Å²) in [7, 11) is 0. The van der Waals surface area contributed by atoms with Gasteiger partial charge >= 0.3 is 5.97 Å². The minimum atomic E-state index is -1.05. The zero-order valence-corrected chi connectivity index (χ0v) is 13.9. The average Bonchev–Trinajstić information content (AvgIpc) is 2.62. The summed E-state index contributed by atoms with van der Waals surface area (Å²) < 4.78 is 5.81. The number of amides is 1. The minimum absolute atomic E-state index is 0.00675. The maximum atomic E-state index is 12.4. The van der Waals surface area contributed by atoms with Crippen LogP contribution in [0.15, 0.2) is 42.5 Å². The van der Waals surface area contributed by atoms with E-state index in [9.17, 15) is 9.59 Å². The van der Waals surface area contributed by atoms with E-state index in [-0.39, 0.29) is 29.3 Å². The highest BCUT2D eigenvalue weighted by molar-refractivity contribution is 5.94. The van der Waals surface area contributed by atoms with Gasteiger partial charge in [-0.05, 0) is 37.5 Å². The molecule has 1 fully saturated rings. The lowest BCUT2D eigenvalue weighted by Crippen LogP contribution is -2.40. The van der Waals surface area contributed by atoms with Gasteiger partial charge in [-0.3, -0.25) is 4.79 Å². The third-order valence-corrected chi connectivity index (χ3v) is 4.34. The van der Waals surface area contributed by atoms with Gasteiger partial charge in [0.1, 0.15) is 5.69 Å². The van der Waals surface area contributed by atoms with Crippen LogP contribution in [0.1, 0.15) is 51.0 Å². The van der Waals surface area contributed by atoms with Crippen molar-refractivity contribution in [1.82, 2.24) is 10.3 Å². The molecular formula is C19H20N2O4. The van der Waals surface area contributed by atoms with E-state index in [1.807, 2.05) is 30.3 Å². The normalized spacial score (nSPS) is 20.0. The van der Waals surface area contributed by atoms with Gasteiger partial charge in [0, 0.05) is 12.6 Å². The van der Waals surface area contributed by atoms with Crippen LogP contribution in [0.3, 0.4) is 0 Å². The number of ether oxygens (including phenoxy) is 1. The number of nitrogens with one attached hydrogen (secondary N) is 1. The summed E-state index contributed by atoms with van der Waals surface area (Å²) in [5, 5.41) is 12.0. The average molecular weight is 340 g/mol. The van der Waals surface area contributed by atoms with E-state index in [1.165, 1.54) is 12.1 Å². The Balaban J connectivity index is 1.66. The molecule has 2 heterocycles. The third kappa shape index (κ3) is 4.03. The molecule has 130 valence electrons. The lowest BCUT2D eigenvalue weighted by atomic mass is 9.97. The first-order valence-corrected chi connectivity index (χ1v) is 8.23. The molecule has 0 aliphatic carbocycles. The molecule has 2 atom stereocenters. The van der Waals surface area contributed by atoms with Gasteiger partial charge in [-0.15, -0.1) is 0 Å². The topological polar surface area (TPSA) is 88.5 Å². The van der Waals surface area contributed by atoms with Crippen molar-refractivity contribution in [3.63, 3.8) is 0 Å². The number of carboxylic acids is 1. The van der Waals surface area contributed by atoms with Crippen molar-refractivity contribution in [3.8, 4) is 0 Å². The number of carbonyl (C=O) groups is 2. The lowest BCUT2D eigenvalue weighted by Gasteiger charge is -2.30. The third-order valence-electron chi connectivity index (χ3n) is 4.34. The summed E-state index contributed by atoms with van der Waals surface area (Å²) in [6, 6.07) is 12.8. The molecule has 6 nitrogen and oxygen atoms in total. The quantitative estimate of drug-likeness (QED) is 0.893. The first kappa shape index (κ1) is 17.1. The second kappa shape index (κ2) is 7.44. The number of carboxylic acid groups (broad SMARTS) is 1. The Morgan fingerprint density at radius 1 is 1.20 bits per heavy atom. The van der Waals surface area contributed by atoms with Crippen LogP contribution in [0.25, 0.3) is 0 Å². The van der Waals surface area contributed by atoms with Crippen LogP contribution >= 0.6 is 0 Å². The molecule has 25 heavy (non-hydrogen) atoms. The van der Waals surface area contributed by atoms with Gasteiger partial charge in [-0.2, -0.15) is 0 Å². The summed E-state index contributed by atoms with van der Waals surface area (Å²) >= 11 is 0. The number of aromatic nitrogens is 1. The smallest absolute Gasteiger partial charge is 0.337 e. The van der Waals surface area contributed by atoms with Crippen LogP contribution in [-0.2, 0) is 4.74 Å². The van der Waals surface area contributed by atoms with Crippen LogP contribution in [0.5, 0.6) is 0 Å². The second-order valence-corrected chi connectivity index (χ2v) is 6.10. The Labute approximate surface area is 145 Å². The monoisotopic (exact) mass is 340 g/mol. The standard InChI is InChI=1S/C19H20N2O4/c1-12-15(19(23)24)7-8-16(20-12)18(22)21-14-9-10-25-17(11-14)13-5-3-2-4-6-13/h2-8,14,17H,9-11H2,1H3,(H,21,22)(H,23,24). The fraction of sp³-hybridized carbons (Fsp3) is 0.316. The van der Waals surface area contributed by atoms with Crippen molar-refractivity contribution in [2.45, 2.75) is 31.9 Å². The van der Waals surface area contributed by atoms with Crippen LogP contribution < -0.4 is 5.32 Å². The largest absolute Gasteiger partial charge is 0.478 e. The van der Waals surface area contributed by atoms with Crippen molar-refractivity contribution in [3.05, 3.63) is 65.0 Å². The molecule has 2 N–H and O–H groups in total. The molecule has 1 aliphatic heterocycles. The van der Waals surface area contributed by atoms with E-state index in [4.69, 9.17) is 9.84 Å². The molecule has 2 unspecified atom stereocenters. The van der Waals surface area contributed by atoms with Gasteiger partial charge in [0.2, 0.25) is 0 Å². The van der Waals surface area contributed by atoms with Crippen molar-refractivity contribution >= 4 is 11.9 Å². The molecule has 1 saturated heterocycles. The van der Waals surface area contributed by atoms with Crippen LogP contribution in [-0.4, -0.2) is 34.6 Å². The second-order valence-electron chi connectivity index (χ2n) is 6.10. The maximum absolute atomic E-state index is 12.4. The predicted octanol–water partition coefficient (Wildman–Crippen LogP) is 2.74. The molecule has 1 aliphatic rings. The van der Waals surface area contributed by atoms with Crippen molar-refractivity contribution in [2.24, 2.45) is 0 Å². The molecule has 0 radical (unpaired) electrons. The van der Waals surface area contributed by atoms with E-state index in [1.54, 1.807) is 6.92 Å². The number of aromatic carboxylic acids is 1. The van der Waals surface area contributed by atoms with Crippen LogP contribution in [0.4, 0.5) is 0 Å². The zero-order valence-electron chi connectivity index (χ0n) is 13.9. The summed E-state index contributed by atoms with van der Waals surface area (Å²) in [5.41, 5.74) is 1.76. The molecule has 2 aromatic rings. The number of nitrogens with zero attached hydrogens (tertiary/aromatic N) is 1. The number of hydrogen-bond donors (Lipinski definition) is 2. The Morgan fingerprint density at radius 3 is 2.64 bits per heavy atom. The van der Waals surface area contributed by atoms with Crippen LogP contribution in [0.2, 0.25) is 0 Å².